The van der Waals surface area contributed by atoms with E-state index in [1.807, 2.05) is 31.3 Å². The zero-order valence-electron chi connectivity index (χ0n) is 14.0. The number of nitrogens with one attached hydrogen (secondary N) is 1. The van der Waals surface area contributed by atoms with Crippen molar-refractivity contribution in [2.24, 2.45) is 11.7 Å². The Hall–Kier alpha value is -1.75. The highest BCUT2D eigenvalue weighted by Gasteiger charge is 2.25. The molecular weight excluding hydrogens is 314 g/mol. The number of carbonyl (C=O) groups excluding carboxylic acids is 2. The van der Waals surface area contributed by atoms with Gasteiger partial charge in [0.25, 0.3) is 0 Å². The van der Waals surface area contributed by atoms with Gasteiger partial charge in [-0.1, -0.05) is 43.6 Å². The molecule has 0 saturated heterocycles. The largest absolute Gasteiger partial charge is 0.352 e. The van der Waals surface area contributed by atoms with Gasteiger partial charge < -0.3 is 16.0 Å². The second-order valence-electron chi connectivity index (χ2n) is 5.96. The summed E-state index contributed by atoms with van der Waals surface area (Å²) in [7, 11) is 1.82. The average Bonchev–Trinajstić information content (AvgIpc) is 2.48. The normalized spacial score (nSPS) is 12.0. The molecule has 0 aliphatic rings. The SMILES string of the molecule is CC(C)C(c1ccccc1Cl)N(C)C(=O)CCCCNC(N)=O. The predicted molar refractivity (Wildman–Crippen MR) is 93.2 cm³/mol. The number of unbranched alkanes of at least 4 members (excludes halogenated alkanes) is 1. The fourth-order valence-corrected chi connectivity index (χ4v) is 2.92. The minimum absolute atomic E-state index is 0.0556. The number of benzene rings is 1. The third kappa shape index (κ3) is 6.10. The molecule has 0 heterocycles. The Balaban J connectivity index is 2.64. The second-order valence-corrected chi connectivity index (χ2v) is 6.37. The van der Waals surface area contributed by atoms with Crippen LogP contribution in [0.2, 0.25) is 5.02 Å². The minimum Gasteiger partial charge on any atom is -0.352 e. The maximum atomic E-state index is 12.4. The Morgan fingerprint density at radius 2 is 1.91 bits per heavy atom. The summed E-state index contributed by atoms with van der Waals surface area (Å²) in [6.07, 6.45) is 1.86. The first kappa shape index (κ1) is 19.3. The van der Waals surface area contributed by atoms with Crippen molar-refractivity contribution in [3.8, 4) is 0 Å². The second kappa shape index (κ2) is 9.40. The molecule has 1 aromatic rings. The van der Waals surface area contributed by atoms with Crippen LogP contribution in [0, 0.1) is 5.92 Å². The van der Waals surface area contributed by atoms with E-state index in [4.69, 9.17) is 17.3 Å². The van der Waals surface area contributed by atoms with Crippen LogP contribution in [-0.2, 0) is 4.79 Å². The van der Waals surface area contributed by atoms with E-state index in [0.29, 0.717) is 24.4 Å². The number of hydrogen-bond acceptors (Lipinski definition) is 2. The summed E-state index contributed by atoms with van der Waals surface area (Å²) in [4.78, 5) is 24.8. The topological polar surface area (TPSA) is 75.4 Å². The number of primary amides is 1. The van der Waals surface area contributed by atoms with Crippen LogP contribution >= 0.6 is 11.6 Å². The molecule has 3 amide bonds. The first-order valence-corrected chi connectivity index (χ1v) is 8.25. The lowest BCUT2D eigenvalue weighted by atomic mass is 9.94. The highest BCUT2D eigenvalue weighted by molar-refractivity contribution is 6.31. The molecule has 1 aromatic carbocycles. The van der Waals surface area contributed by atoms with Gasteiger partial charge in [0.1, 0.15) is 0 Å². The van der Waals surface area contributed by atoms with Crippen LogP contribution in [0.3, 0.4) is 0 Å². The molecule has 0 aliphatic heterocycles. The molecule has 6 heteroatoms. The standard InChI is InChI=1S/C17H26ClN3O2/c1-12(2)16(13-8-4-5-9-14(13)18)21(3)15(22)10-6-7-11-20-17(19)23/h4-5,8-9,12,16H,6-7,10-11H2,1-3H3,(H3,19,20,23). The van der Waals surface area contributed by atoms with Gasteiger partial charge in [0.2, 0.25) is 5.91 Å². The predicted octanol–water partition coefficient (Wildman–Crippen LogP) is 3.33. The van der Waals surface area contributed by atoms with Crippen LogP contribution in [0.25, 0.3) is 0 Å². The van der Waals surface area contributed by atoms with E-state index in [9.17, 15) is 9.59 Å². The van der Waals surface area contributed by atoms with E-state index in [1.54, 1.807) is 4.90 Å². The number of halogens is 1. The van der Waals surface area contributed by atoms with Gasteiger partial charge >= 0.3 is 6.03 Å². The van der Waals surface area contributed by atoms with Crippen molar-refractivity contribution in [1.29, 1.82) is 0 Å². The Labute approximate surface area is 143 Å². The van der Waals surface area contributed by atoms with E-state index < -0.39 is 6.03 Å². The number of rotatable bonds is 8. The van der Waals surface area contributed by atoms with Crippen LogP contribution in [0.4, 0.5) is 4.79 Å². The molecule has 1 rings (SSSR count). The number of urea groups is 1. The van der Waals surface area contributed by atoms with Crippen LogP contribution < -0.4 is 11.1 Å². The van der Waals surface area contributed by atoms with Crippen molar-refractivity contribution in [2.75, 3.05) is 13.6 Å². The van der Waals surface area contributed by atoms with Gasteiger partial charge in [0.05, 0.1) is 6.04 Å². The minimum atomic E-state index is -0.535. The number of hydrogen-bond donors (Lipinski definition) is 2. The van der Waals surface area contributed by atoms with E-state index >= 15 is 0 Å². The van der Waals surface area contributed by atoms with E-state index in [-0.39, 0.29) is 17.9 Å². The molecule has 0 aliphatic carbocycles. The molecule has 0 radical (unpaired) electrons. The van der Waals surface area contributed by atoms with Crippen molar-refractivity contribution < 1.29 is 9.59 Å². The molecular formula is C17H26ClN3O2. The summed E-state index contributed by atoms with van der Waals surface area (Å²) >= 11 is 6.30. The molecule has 0 spiro atoms. The number of amides is 3. The highest BCUT2D eigenvalue weighted by Crippen LogP contribution is 2.32. The number of carbonyl (C=O) groups is 2. The molecule has 5 nitrogen and oxygen atoms in total. The number of nitrogens with zero attached hydrogens (tertiary/aromatic N) is 1. The van der Waals surface area contributed by atoms with Gasteiger partial charge in [-0.25, -0.2) is 4.79 Å². The van der Waals surface area contributed by atoms with Gasteiger partial charge in [-0.05, 0) is 30.4 Å². The van der Waals surface area contributed by atoms with Crippen molar-refractivity contribution >= 4 is 23.5 Å². The third-order valence-electron chi connectivity index (χ3n) is 3.78. The van der Waals surface area contributed by atoms with Gasteiger partial charge in [0.15, 0.2) is 0 Å². The first-order chi connectivity index (χ1) is 10.8. The fourth-order valence-electron chi connectivity index (χ4n) is 2.67. The van der Waals surface area contributed by atoms with E-state index in [2.05, 4.69) is 19.2 Å². The van der Waals surface area contributed by atoms with Gasteiger partial charge in [-0.15, -0.1) is 0 Å². The molecule has 1 atom stereocenters. The smallest absolute Gasteiger partial charge is 0.312 e. The third-order valence-corrected chi connectivity index (χ3v) is 4.13. The Kier molecular flexibility index (Phi) is 7.89. The molecule has 128 valence electrons. The molecule has 1 unspecified atom stereocenters. The van der Waals surface area contributed by atoms with Crippen LogP contribution in [0.15, 0.2) is 24.3 Å². The molecule has 23 heavy (non-hydrogen) atoms. The van der Waals surface area contributed by atoms with E-state index in [0.717, 1.165) is 12.0 Å². The fraction of sp³-hybridized carbons (Fsp3) is 0.529. The van der Waals surface area contributed by atoms with Crippen molar-refractivity contribution in [1.82, 2.24) is 10.2 Å². The Bertz CT molecular complexity index is 534. The summed E-state index contributed by atoms with van der Waals surface area (Å²) < 4.78 is 0. The molecule has 0 bridgehead atoms. The highest BCUT2D eigenvalue weighted by atomic mass is 35.5. The summed E-state index contributed by atoms with van der Waals surface area (Å²) in [6, 6.07) is 7.04. The van der Waals surface area contributed by atoms with Crippen LogP contribution in [-0.4, -0.2) is 30.4 Å². The lowest BCUT2D eigenvalue weighted by Crippen LogP contribution is -2.34. The zero-order valence-corrected chi connectivity index (χ0v) is 14.8. The Morgan fingerprint density at radius 1 is 1.26 bits per heavy atom. The Morgan fingerprint density at radius 3 is 2.48 bits per heavy atom. The van der Waals surface area contributed by atoms with Crippen molar-refractivity contribution in [3.63, 3.8) is 0 Å². The summed E-state index contributed by atoms with van der Waals surface area (Å²) in [5.74, 6) is 0.322. The van der Waals surface area contributed by atoms with E-state index in [1.165, 1.54) is 0 Å². The first-order valence-electron chi connectivity index (χ1n) is 7.88. The molecule has 3 N–H and O–H groups in total. The van der Waals surface area contributed by atoms with Crippen molar-refractivity contribution in [2.45, 2.75) is 39.2 Å². The quantitative estimate of drug-likeness (QED) is 0.713. The van der Waals surface area contributed by atoms with Crippen LogP contribution in [0.1, 0.15) is 44.7 Å². The molecule has 0 saturated carbocycles. The van der Waals surface area contributed by atoms with Crippen LogP contribution in [0.5, 0.6) is 0 Å². The lowest BCUT2D eigenvalue weighted by molar-refractivity contribution is -0.133. The van der Waals surface area contributed by atoms with Gasteiger partial charge in [-0.3, -0.25) is 4.79 Å². The van der Waals surface area contributed by atoms with Gasteiger partial charge in [-0.2, -0.15) is 0 Å². The average molecular weight is 340 g/mol. The van der Waals surface area contributed by atoms with Gasteiger partial charge in [0, 0.05) is 25.0 Å². The lowest BCUT2D eigenvalue weighted by Gasteiger charge is -2.32. The maximum Gasteiger partial charge on any atom is 0.312 e. The molecule has 0 fully saturated rings. The monoisotopic (exact) mass is 339 g/mol. The zero-order chi connectivity index (χ0) is 17.4. The summed E-state index contributed by atoms with van der Waals surface area (Å²) in [6.45, 7) is 4.65. The number of nitrogens with two attached hydrogens (primary N) is 1. The molecule has 0 aromatic heterocycles. The summed E-state index contributed by atoms with van der Waals surface area (Å²) in [5, 5.41) is 3.20. The van der Waals surface area contributed by atoms with Crippen molar-refractivity contribution in [3.05, 3.63) is 34.9 Å². The summed E-state index contributed by atoms with van der Waals surface area (Å²) in [5.41, 5.74) is 5.96. The maximum absolute atomic E-state index is 12.4.